The number of aliphatic hydroxyl groups is 20. The van der Waals surface area contributed by atoms with Gasteiger partial charge in [-0.2, -0.15) is 0 Å². The molecule has 12 aliphatic rings. The standard InChI is InChI=1S/C79H120O37/c1-32-47(86)62(112-67-59(98)54(93)50(89)38(26-80)106-67)61(100)69(105-32)115-65-56(95)52(91)40(28-82)108-72(65)116-73(101)79-23-22-77(7)34(35(79)24-74(2,3)45(25-79)110-46(85)17-14-33-12-10-9-11-13-33)15-16-43-76(6)20-19-44(75(4,5)42(76)18-21-78(43,77)8)111-71-64(114-68-60(99)55(94)51(90)39(27-81)107-68)57(96)53(92)41(109-71)31-104-70-63(49(88)37(84)30-103-70)113-66-58(97)48(87)36(83)29-102-66/h9-15,17,32,35-45,47-72,80-84,86-100H,16,18-31H2,1-8H3. The summed E-state index contributed by atoms with van der Waals surface area (Å²) in [6, 6.07) is 9.09. The summed E-state index contributed by atoms with van der Waals surface area (Å²) in [5, 5.41) is 220. The number of aliphatic hydroxyl groups excluding tert-OH is 20. The highest BCUT2D eigenvalue weighted by Crippen LogP contribution is 2.76. The molecule has 37 nitrogen and oxygen atoms in total. The molecule has 1 aromatic rings. The van der Waals surface area contributed by atoms with Crippen LogP contribution in [0.5, 0.6) is 0 Å². The molecule has 7 aliphatic heterocycles. The lowest BCUT2D eigenvalue weighted by molar-refractivity contribution is -0.384. The molecule has 20 N–H and O–H groups in total. The average Bonchev–Trinajstić information content (AvgIpc) is 0.672. The Morgan fingerprint density at radius 3 is 1.59 bits per heavy atom. The van der Waals surface area contributed by atoms with Crippen molar-refractivity contribution in [2.45, 2.75) is 328 Å². The molecular weight excluding hydrogens is 1540 g/mol. The van der Waals surface area contributed by atoms with Gasteiger partial charge in [0.2, 0.25) is 6.29 Å². The van der Waals surface area contributed by atoms with E-state index in [-0.39, 0.29) is 31.1 Å². The van der Waals surface area contributed by atoms with Crippen molar-refractivity contribution in [3.8, 4) is 0 Å². The van der Waals surface area contributed by atoms with Crippen LogP contribution in [0.4, 0.5) is 0 Å². The van der Waals surface area contributed by atoms with E-state index >= 15 is 4.79 Å². The summed E-state index contributed by atoms with van der Waals surface area (Å²) in [4.78, 5) is 30.4. The lowest BCUT2D eigenvalue weighted by atomic mass is 9.33. The monoisotopic (exact) mass is 1660 g/mol. The Morgan fingerprint density at radius 2 is 0.983 bits per heavy atom. The Labute approximate surface area is 670 Å². The maximum Gasteiger partial charge on any atom is 0.331 e. The Balaban J connectivity index is 0.778. The maximum absolute atomic E-state index is 16.3. The zero-order valence-electron chi connectivity index (χ0n) is 66.0. The van der Waals surface area contributed by atoms with Crippen molar-refractivity contribution in [1.82, 2.24) is 0 Å². The van der Waals surface area contributed by atoms with Crippen LogP contribution in [0.2, 0.25) is 0 Å². The predicted octanol–water partition coefficient (Wildman–Crippen LogP) is -5.02. The Morgan fingerprint density at radius 1 is 0.466 bits per heavy atom. The van der Waals surface area contributed by atoms with Crippen LogP contribution in [0.15, 0.2) is 48.1 Å². The SMILES string of the molecule is CC1OC(OC2C(OC(=O)C34CCC5(C)C(=CCC6C7(C)CCC(OC8OC(COC9OCC(O)C(O)C9OC9OCC(O)C(O)C9O)C(O)C(O)C8OC8OC(CO)C(O)C(O)C8O)C(C)(C)C7CCC65C)C3CC(C)(C)C(OC(=O)C=Cc3ccccc3)C4)OC(CO)C(O)C2O)C(O)C(OC2OC(CO)C(O)C(O)C2O)C1O. The summed E-state index contributed by atoms with van der Waals surface area (Å²) in [7, 11) is 0. The van der Waals surface area contributed by atoms with Gasteiger partial charge in [-0.3, -0.25) is 4.79 Å². The van der Waals surface area contributed by atoms with Gasteiger partial charge in [0.25, 0.3) is 0 Å². The van der Waals surface area contributed by atoms with Crippen LogP contribution in [0, 0.1) is 50.2 Å². The molecule has 7 saturated heterocycles. The van der Waals surface area contributed by atoms with Crippen molar-refractivity contribution in [3.05, 3.63) is 53.6 Å². The van der Waals surface area contributed by atoms with Crippen LogP contribution in [0.1, 0.15) is 119 Å². The number of esters is 2. The molecule has 0 spiro atoms. The first-order valence-corrected chi connectivity index (χ1v) is 40.3. The highest BCUT2D eigenvalue weighted by atomic mass is 16.8. The number of ether oxygens (including phenoxy) is 15. The van der Waals surface area contributed by atoms with Gasteiger partial charge in [-0.15, -0.1) is 0 Å². The van der Waals surface area contributed by atoms with Crippen LogP contribution >= 0.6 is 0 Å². The first-order valence-electron chi connectivity index (χ1n) is 40.3. The number of rotatable bonds is 21. The van der Waals surface area contributed by atoms with E-state index in [1.807, 2.05) is 44.2 Å². The van der Waals surface area contributed by atoms with E-state index in [0.29, 0.717) is 38.5 Å². The number of benzene rings is 1. The van der Waals surface area contributed by atoms with Gasteiger partial charge < -0.3 is 173 Å². The molecule has 42 atom stereocenters. The second-order valence-corrected chi connectivity index (χ2v) is 36.0. The Hall–Kier alpha value is -3.68. The van der Waals surface area contributed by atoms with E-state index < -0.39 is 305 Å². The van der Waals surface area contributed by atoms with E-state index in [0.717, 1.165) is 11.1 Å². The summed E-state index contributed by atoms with van der Waals surface area (Å²) >= 11 is 0. The number of carbonyl (C=O) groups is 2. The minimum Gasteiger partial charge on any atom is -0.459 e. The zero-order valence-corrected chi connectivity index (χ0v) is 66.0. The third-order valence-electron chi connectivity index (χ3n) is 28.5. The second-order valence-electron chi connectivity index (χ2n) is 36.0. The molecule has 0 bridgehead atoms. The molecule has 4 saturated carbocycles. The van der Waals surface area contributed by atoms with Crippen molar-refractivity contribution in [1.29, 1.82) is 0 Å². The summed E-state index contributed by atoms with van der Waals surface area (Å²) in [5.74, 6) is -2.37. The van der Waals surface area contributed by atoms with Gasteiger partial charge in [0.1, 0.15) is 153 Å². The minimum absolute atomic E-state index is 0.0464. The summed E-state index contributed by atoms with van der Waals surface area (Å²) in [6.07, 6.45) is -51.5. The number of carbonyl (C=O) groups excluding carboxylic acids is 2. The van der Waals surface area contributed by atoms with Crippen molar-refractivity contribution in [3.63, 3.8) is 0 Å². The van der Waals surface area contributed by atoms with Gasteiger partial charge in [-0.25, -0.2) is 4.79 Å². The second kappa shape index (κ2) is 35.2. The first kappa shape index (κ1) is 90.1. The molecule has 42 unspecified atom stereocenters. The molecule has 0 aromatic heterocycles. The van der Waals surface area contributed by atoms with Gasteiger partial charge in [-0.05, 0) is 109 Å². The number of allylic oxidation sites excluding steroid dienone is 2. The van der Waals surface area contributed by atoms with Crippen LogP contribution in [-0.2, 0) is 80.6 Å². The van der Waals surface area contributed by atoms with Crippen molar-refractivity contribution >= 4 is 18.0 Å². The lowest BCUT2D eigenvalue weighted by Gasteiger charge is -2.71. The van der Waals surface area contributed by atoms with Gasteiger partial charge in [0.05, 0.1) is 57.3 Å². The van der Waals surface area contributed by atoms with Crippen molar-refractivity contribution in [2.75, 3.05) is 39.6 Å². The molecule has 0 radical (unpaired) electrons. The van der Waals surface area contributed by atoms with Crippen LogP contribution in [-0.4, -0.2) is 369 Å². The molecule has 1 aromatic carbocycles. The number of fused-ring (bicyclic) bond motifs is 7. The summed E-state index contributed by atoms with van der Waals surface area (Å²) in [6.45, 7) is 12.1. The van der Waals surface area contributed by atoms with Gasteiger partial charge in [0, 0.05) is 17.9 Å². The van der Waals surface area contributed by atoms with Crippen molar-refractivity contribution in [2.24, 2.45) is 50.2 Å². The molecular formula is C79H120O37. The molecule has 5 aliphatic carbocycles. The van der Waals surface area contributed by atoms with Crippen LogP contribution in [0.3, 0.4) is 0 Å². The van der Waals surface area contributed by atoms with E-state index in [1.54, 1.807) is 6.08 Å². The Bertz CT molecular complexity index is 3540. The minimum atomic E-state index is -2.06. The normalized spacial score (nSPS) is 50.8. The summed E-state index contributed by atoms with van der Waals surface area (Å²) in [5.41, 5.74) is -3.10. The van der Waals surface area contributed by atoms with E-state index in [2.05, 4.69) is 40.7 Å². The highest BCUT2D eigenvalue weighted by molar-refractivity contribution is 5.87. The maximum atomic E-state index is 16.3. The van der Waals surface area contributed by atoms with E-state index in [4.69, 9.17) is 71.1 Å². The molecule has 116 heavy (non-hydrogen) atoms. The van der Waals surface area contributed by atoms with E-state index in [1.165, 1.54) is 13.0 Å². The van der Waals surface area contributed by atoms with Crippen LogP contribution in [0.25, 0.3) is 6.08 Å². The number of hydrogen-bond acceptors (Lipinski definition) is 37. The van der Waals surface area contributed by atoms with E-state index in [9.17, 15) is 107 Å². The zero-order chi connectivity index (χ0) is 84.1. The third-order valence-corrected chi connectivity index (χ3v) is 28.5. The smallest absolute Gasteiger partial charge is 0.331 e. The van der Waals surface area contributed by atoms with Gasteiger partial charge in [-0.1, -0.05) is 90.4 Å². The fraction of sp³-hybridized carbons (Fsp3) is 0.848. The quantitative estimate of drug-likeness (QED) is 0.0237. The fourth-order valence-corrected chi connectivity index (χ4v) is 21.3. The van der Waals surface area contributed by atoms with Gasteiger partial charge in [0.15, 0.2) is 43.8 Å². The molecule has 658 valence electrons. The summed E-state index contributed by atoms with van der Waals surface area (Å²) < 4.78 is 91.4. The van der Waals surface area contributed by atoms with Gasteiger partial charge >= 0.3 is 11.9 Å². The molecule has 0 amide bonds. The Kier molecular flexibility index (Phi) is 27.3. The average molecular weight is 1660 g/mol. The highest BCUT2D eigenvalue weighted by Gasteiger charge is 2.72. The first-order chi connectivity index (χ1) is 54.7. The largest absolute Gasteiger partial charge is 0.459 e. The molecule has 13 rings (SSSR count). The molecule has 7 heterocycles. The van der Waals surface area contributed by atoms with Crippen molar-refractivity contribution < 1.29 is 183 Å². The predicted molar refractivity (Wildman–Crippen MR) is 388 cm³/mol. The fourth-order valence-electron chi connectivity index (χ4n) is 21.3. The molecule has 11 fully saturated rings. The van der Waals surface area contributed by atoms with Crippen LogP contribution < -0.4 is 0 Å². The topological polar surface area (TPSA) is 577 Å². The lowest BCUT2D eigenvalue weighted by Crippen LogP contribution is -2.68. The molecule has 37 heteroatoms. The number of hydrogen-bond donors (Lipinski definition) is 20. The third kappa shape index (κ3) is 16.4.